The summed E-state index contributed by atoms with van der Waals surface area (Å²) in [7, 11) is 1.65. The summed E-state index contributed by atoms with van der Waals surface area (Å²) in [5.41, 5.74) is 2.03. The Morgan fingerprint density at radius 2 is 1.67 bits per heavy atom. The zero-order valence-electron chi connectivity index (χ0n) is 14.2. The summed E-state index contributed by atoms with van der Waals surface area (Å²) in [5.74, 6) is 1.70. The monoisotopic (exact) mass is 324 g/mol. The van der Waals surface area contributed by atoms with Crippen molar-refractivity contribution in [1.82, 2.24) is 0 Å². The van der Waals surface area contributed by atoms with Crippen molar-refractivity contribution in [1.29, 1.82) is 0 Å². The van der Waals surface area contributed by atoms with Gasteiger partial charge in [-0.3, -0.25) is 4.79 Å². The van der Waals surface area contributed by atoms with Gasteiger partial charge in [0, 0.05) is 12.8 Å². The number of carbonyl (C=O) groups is 1. The first-order valence-corrected chi connectivity index (χ1v) is 8.64. The third-order valence-electron chi connectivity index (χ3n) is 4.47. The number of methoxy groups -OCH3 is 1. The van der Waals surface area contributed by atoms with Crippen LogP contribution in [-0.2, 0) is 17.6 Å². The summed E-state index contributed by atoms with van der Waals surface area (Å²) in [6.07, 6.45) is 5.80. The standard InChI is InChI=1S/C21H24O3/c1-23-20-12-11-17(15-21(20)24-19-9-5-6-10-19)14-18(22)13-16-7-3-2-4-8-16/h2-4,7-8,11-12,15,19H,5-6,9-10,13-14H2,1H3. The third kappa shape index (κ3) is 4.38. The van der Waals surface area contributed by atoms with Gasteiger partial charge in [0.1, 0.15) is 5.78 Å². The molecule has 0 atom stereocenters. The number of benzene rings is 2. The SMILES string of the molecule is COc1ccc(CC(=O)Cc2ccccc2)cc1OC1CCCC1. The average Bonchev–Trinajstić information content (AvgIpc) is 3.09. The topological polar surface area (TPSA) is 35.5 Å². The maximum absolute atomic E-state index is 12.3. The van der Waals surface area contributed by atoms with Crippen molar-refractivity contribution in [2.24, 2.45) is 0 Å². The van der Waals surface area contributed by atoms with Gasteiger partial charge in [-0.1, -0.05) is 36.4 Å². The van der Waals surface area contributed by atoms with E-state index in [1.807, 2.05) is 48.5 Å². The molecule has 1 aliphatic carbocycles. The molecule has 126 valence electrons. The molecule has 2 aromatic carbocycles. The van der Waals surface area contributed by atoms with Gasteiger partial charge in [0.15, 0.2) is 11.5 Å². The van der Waals surface area contributed by atoms with Crippen LogP contribution in [-0.4, -0.2) is 19.0 Å². The molecule has 3 rings (SSSR count). The quantitative estimate of drug-likeness (QED) is 0.758. The minimum Gasteiger partial charge on any atom is -0.493 e. The van der Waals surface area contributed by atoms with Crippen molar-refractivity contribution in [3.63, 3.8) is 0 Å². The van der Waals surface area contributed by atoms with Gasteiger partial charge in [-0.05, 0) is 48.9 Å². The van der Waals surface area contributed by atoms with E-state index < -0.39 is 0 Å². The first kappa shape index (κ1) is 16.6. The van der Waals surface area contributed by atoms with Gasteiger partial charge in [0.25, 0.3) is 0 Å². The van der Waals surface area contributed by atoms with E-state index in [0.717, 1.165) is 35.5 Å². The lowest BCUT2D eigenvalue weighted by atomic mass is 10.0. The highest BCUT2D eigenvalue weighted by atomic mass is 16.5. The lowest BCUT2D eigenvalue weighted by Gasteiger charge is -2.16. The molecule has 2 aromatic rings. The van der Waals surface area contributed by atoms with Gasteiger partial charge >= 0.3 is 0 Å². The van der Waals surface area contributed by atoms with E-state index >= 15 is 0 Å². The molecule has 3 nitrogen and oxygen atoms in total. The first-order valence-electron chi connectivity index (χ1n) is 8.64. The molecule has 0 aliphatic heterocycles. The predicted molar refractivity (Wildman–Crippen MR) is 94.7 cm³/mol. The third-order valence-corrected chi connectivity index (χ3v) is 4.47. The molecule has 0 unspecified atom stereocenters. The Balaban J connectivity index is 1.67. The van der Waals surface area contributed by atoms with E-state index in [9.17, 15) is 4.79 Å². The summed E-state index contributed by atoms with van der Waals surface area (Å²) in [4.78, 5) is 12.3. The molecule has 24 heavy (non-hydrogen) atoms. The number of carbonyl (C=O) groups excluding carboxylic acids is 1. The molecule has 1 fully saturated rings. The van der Waals surface area contributed by atoms with Crippen LogP contribution in [0.5, 0.6) is 11.5 Å². The average molecular weight is 324 g/mol. The minimum absolute atomic E-state index is 0.207. The van der Waals surface area contributed by atoms with Gasteiger partial charge in [0.05, 0.1) is 13.2 Å². The zero-order valence-corrected chi connectivity index (χ0v) is 14.2. The molecule has 0 saturated heterocycles. The van der Waals surface area contributed by atoms with Crippen LogP contribution in [0.25, 0.3) is 0 Å². The summed E-state index contributed by atoms with van der Waals surface area (Å²) in [5, 5.41) is 0. The normalized spacial score (nSPS) is 14.5. The number of Topliss-reactive ketones (excluding diaryl/α,β-unsaturated/α-hetero) is 1. The minimum atomic E-state index is 0.207. The van der Waals surface area contributed by atoms with Crippen molar-refractivity contribution in [2.45, 2.75) is 44.6 Å². The number of ketones is 1. The molecule has 1 aliphatic rings. The molecule has 0 aromatic heterocycles. The highest BCUT2D eigenvalue weighted by molar-refractivity contribution is 5.83. The van der Waals surface area contributed by atoms with Crippen molar-refractivity contribution >= 4 is 5.78 Å². The van der Waals surface area contributed by atoms with E-state index in [4.69, 9.17) is 9.47 Å². The fraction of sp³-hybridized carbons (Fsp3) is 0.381. The van der Waals surface area contributed by atoms with E-state index in [1.54, 1.807) is 7.11 Å². The van der Waals surface area contributed by atoms with Crippen molar-refractivity contribution < 1.29 is 14.3 Å². The molecule has 0 spiro atoms. The van der Waals surface area contributed by atoms with E-state index in [-0.39, 0.29) is 11.9 Å². The van der Waals surface area contributed by atoms with Crippen LogP contribution in [0.15, 0.2) is 48.5 Å². The number of hydrogen-bond acceptors (Lipinski definition) is 3. The highest BCUT2D eigenvalue weighted by Gasteiger charge is 2.19. The van der Waals surface area contributed by atoms with Crippen LogP contribution in [0.1, 0.15) is 36.8 Å². The van der Waals surface area contributed by atoms with Gasteiger partial charge in [-0.2, -0.15) is 0 Å². The highest BCUT2D eigenvalue weighted by Crippen LogP contribution is 2.32. The van der Waals surface area contributed by atoms with E-state index in [2.05, 4.69) is 0 Å². The second-order valence-corrected chi connectivity index (χ2v) is 6.39. The molecule has 3 heteroatoms. The molecule has 0 radical (unpaired) electrons. The second-order valence-electron chi connectivity index (χ2n) is 6.39. The molecule has 0 heterocycles. The van der Waals surface area contributed by atoms with Crippen molar-refractivity contribution in [3.05, 3.63) is 59.7 Å². The van der Waals surface area contributed by atoms with Gasteiger partial charge < -0.3 is 9.47 Å². The Labute approximate surface area is 143 Å². The van der Waals surface area contributed by atoms with Crippen LogP contribution in [0, 0.1) is 0 Å². The maximum atomic E-state index is 12.3. The number of hydrogen-bond donors (Lipinski definition) is 0. The fourth-order valence-corrected chi connectivity index (χ4v) is 3.22. The molecular weight excluding hydrogens is 300 g/mol. The van der Waals surface area contributed by atoms with Crippen LogP contribution in [0.3, 0.4) is 0 Å². The number of rotatable bonds is 7. The van der Waals surface area contributed by atoms with Gasteiger partial charge in [-0.15, -0.1) is 0 Å². The van der Waals surface area contributed by atoms with Gasteiger partial charge in [0.2, 0.25) is 0 Å². The molecule has 1 saturated carbocycles. The van der Waals surface area contributed by atoms with E-state index in [0.29, 0.717) is 12.8 Å². The van der Waals surface area contributed by atoms with Crippen LogP contribution in [0.4, 0.5) is 0 Å². The summed E-state index contributed by atoms with van der Waals surface area (Å²) in [6, 6.07) is 15.7. The Hall–Kier alpha value is -2.29. The Kier molecular flexibility index (Phi) is 5.52. The van der Waals surface area contributed by atoms with Crippen molar-refractivity contribution in [2.75, 3.05) is 7.11 Å². The Bertz CT molecular complexity index is 673. The predicted octanol–water partition coefficient (Wildman–Crippen LogP) is 4.37. The smallest absolute Gasteiger partial charge is 0.161 e. The van der Waals surface area contributed by atoms with Crippen LogP contribution < -0.4 is 9.47 Å². The largest absolute Gasteiger partial charge is 0.493 e. The summed E-state index contributed by atoms with van der Waals surface area (Å²) in [6.45, 7) is 0. The van der Waals surface area contributed by atoms with Crippen LogP contribution >= 0.6 is 0 Å². The Morgan fingerprint density at radius 3 is 2.38 bits per heavy atom. The lowest BCUT2D eigenvalue weighted by Crippen LogP contribution is -2.12. The zero-order chi connectivity index (χ0) is 16.8. The number of ether oxygens (including phenoxy) is 2. The lowest BCUT2D eigenvalue weighted by molar-refractivity contribution is -0.117. The Morgan fingerprint density at radius 1 is 0.958 bits per heavy atom. The van der Waals surface area contributed by atoms with Gasteiger partial charge in [-0.25, -0.2) is 0 Å². The van der Waals surface area contributed by atoms with Crippen LogP contribution in [0.2, 0.25) is 0 Å². The maximum Gasteiger partial charge on any atom is 0.161 e. The van der Waals surface area contributed by atoms with Crippen molar-refractivity contribution in [3.8, 4) is 11.5 Å². The van der Waals surface area contributed by atoms with E-state index in [1.165, 1.54) is 12.8 Å². The molecule has 0 N–H and O–H groups in total. The molecular formula is C21H24O3. The molecule has 0 bridgehead atoms. The first-order chi connectivity index (χ1) is 11.7. The summed E-state index contributed by atoms with van der Waals surface area (Å²) >= 11 is 0. The second kappa shape index (κ2) is 8.00. The fourth-order valence-electron chi connectivity index (χ4n) is 3.22. The summed E-state index contributed by atoms with van der Waals surface area (Å²) < 4.78 is 11.5. The molecule has 0 amide bonds.